The lowest BCUT2D eigenvalue weighted by atomic mass is 10.2. The molecule has 0 aromatic heterocycles. The second kappa shape index (κ2) is 4.27. The van der Waals surface area contributed by atoms with E-state index in [1.54, 1.807) is 11.8 Å². The van der Waals surface area contributed by atoms with Gasteiger partial charge in [0.25, 0.3) is 0 Å². The minimum Gasteiger partial charge on any atom is -0.363 e. The van der Waals surface area contributed by atoms with Gasteiger partial charge in [-0.25, -0.2) is 12.8 Å². The number of nitrogens with zero attached hydrogens (tertiary/aromatic N) is 1. The van der Waals surface area contributed by atoms with Crippen LogP contribution in [-0.2, 0) is 9.84 Å². The molecule has 4 nitrogen and oxygen atoms in total. The smallest absolute Gasteiger partial charge is 0.182 e. The lowest BCUT2D eigenvalue weighted by Crippen LogP contribution is -2.45. The van der Waals surface area contributed by atoms with Crippen molar-refractivity contribution in [2.45, 2.75) is 17.9 Å². The molecule has 0 spiro atoms. The SMILES string of the molecule is CC1CS(=O)(=O)c2cccc(F)c2N1CCN. The number of hydrogen-bond acceptors (Lipinski definition) is 4. The lowest BCUT2D eigenvalue weighted by Gasteiger charge is -2.36. The number of fused-ring (bicyclic) bond motifs is 1. The molecule has 0 fully saturated rings. The van der Waals surface area contributed by atoms with Crippen LogP contribution in [-0.4, -0.2) is 33.3 Å². The summed E-state index contributed by atoms with van der Waals surface area (Å²) < 4.78 is 37.7. The molecule has 0 aliphatic carbocycles. The summed E-state index contributed by atoms with van der Waals surface area (Å²) in [5.74, 6) is -0.505. The Hall–Kier alpha value is -1.14. The van der Waals surface area contributed by atoms with Crippen LogP contribution in [0.2, 0.25) is 0 Å². The Morgan fingerprint density at radius 1 is 1.53 bits per heavy atom. The monoisotopic (exact) mass is 258 g/mol. The molecule has 0 saturated carbocycles. The molecule has 94 valence electrons. The van der Waals surface area contributed by atoms with E-state index >= 15 is 0 Å². The quantitative estimate of drug-likeness (QED) is 0.851. The molecule has 17 heavy (non-hydrogen) atoms. The van der Waals surface area contributed by atoms with Crippen molar-refractivity contribution < 1.29 is 12.8 Å². The van der Waals surface area contributed by atoms with Gasteiger partial charge >= 0.3 is 0 Å². The van der Waals surface area contributed by atoms with Crippen LogP contribution in [0.3, 0.4) is 0 Å². The van der Waals surface area contributed by atoms with Gasteiger partial charge in [-0.2, -0.15) is 0 Å². The standard InChI is InChI=1S/C11H15FN2O2S/c1-8-7-17(15,16)10-4-2-3-9(12)11(10)14(8)6-5-13/h2-4,8H,5-7,13H2,1H3. The van der Waals surface area contributed by atoms with E-state index in [0.717, 1.165) is 0 Å². The van der Waals surface area contributed by atoms with Gasteiger partial charge in [-0.05, 0) is 19.1 Å². The molecule has 0 saturated heterocycles. The lowest BCUT2D eigenvalue weighted by molar-refractivity contribution is 0.554. The van der Waals surface area contributed by atoms with E-state index in [1.165, 1.54) is 18.2 Å². The maximum atomic E-state index is 13.8. The Kier molecular flexibility index (Phi) is 3.09. The first-order valence-electron chi connectivity index (χ1n) is 5.45. The van der Waals surface area contributed by atoms with Gasteiger partial charge in [0.1, 0.15) is 5.82 Å². The second-order valence-corrected chi connectivity index (χ2v) is 6.20. The topological polar surface area (TPSA) is 63.4 Å². The molecule has 1 aromatic carbocycles. The number of anilines is 1. The summed E-state index contributed by atoms with van der Waals surface area (Å²) in [5, 5.41) is 0. The summed E-state index contributed by atoms with van der Waals surface area (Å²) in [6.07, 6.45) is 0. The molecule has 0 radical (unpaired) electrons. The first kappa shape index (κ1) is 12.3. The predicted octanol–water partition coefficient (Wildman–Crippen LogP) is 0.767. The van der Waals surface area contributed by atoms with E-state index in [4.69, 9.17) is 5.73 Å². The molecule has 1 atom stereocenters. The average molecular weight is 258 g/mol. The number of rotatable bonds is 2. The molecule has 0 amide bonds. The van der Waals surface area contributed by atoms with Gasteiger partial charge in [0.05, 0.1) is 16.3 Å². The molecule has 1 unspecified atom stereocenters. The van der Waals surface area contributed by atoms with Gasteiger partial charge in [-0.1, -0.05) is 6.07 Å². The van der Waals surface area contributed by atoms with Gasteiger partial charge < -0.3 is 10.6 Å². The van der Waals surface area contributed by atoms with Crippen molar-refractivity contribution in [2.24, 2.45) is 5.73 Å². The van der Waals surface area contributed by atoms with Crippen molar-refractivity contribution in [1.82, 2.24) is 0 Å². The number of benzene rings is 1. The summed E-state index contributed by atoms with van der Waals surface area (Å²) >= 11 is 0. The van der Waals surface area contributed by atoms with E-state index in [2.05, 4.69) is 0 Å². The maximum absolute atomic E-state index is 13.8. The van der Waals surface area contributed by atoms with Crippen LogP contribution >= 0.6 is 0 Å². The van der Waals surface area contributed by atoms with Crippen LogP contribution in [0, 0.1) is 5.82 Å². The molecule has 1 heterocycles. The molecular weight excluding hydrogens is 243 g/mol. The van der Waals surface area contributed by atoms with Crippen LogP contribution in [0.25, 0.3) is 0 Å². The molecule has 1 aliphatic rings. The van der Waals surface area contributed by atoms with E-state index in [9.17, 15) is 12.8 Å². The molecule has 0 bridgehead atoms. The van der Waals surface area contributed by atoms with Gasteiger partial charge in [0.2, 0.25) is 0 Å². The summed E-state index contributed by atoms with van der Waals surface area (Å²) in [6, 6.07) is 3.88. The fourth-order valence-corrected chi connectivity index (χ4v) is 4.00. The van der Waals surface area contributed by atoms with Gasteiger partial charge in [0, 0.05) is 19.1 Å². The van der Waals surface area contributed by atoms with Gasteiger partial charge in [0.15, 0.2) is 9.84 Å². The molecular formula is C11H15FN2O2S. The molecule has 2 N–H and O–H groups in total. The Bertz CT molecular complexity index is 530. The van der Waals surface area contributed by atoms with E-state index in [-0.39, 0.29) is 22.4 Å². The van der Waals surface area contributed by atoms with Gasteiger partial charge in [-0.15, -0.1) is 0 Å². The number of nitrogens with two attached hydrogens (primary N) is 1. The largest absolute Gasteiger partial charge is 0.363 e. The van der Waals surface area contributed by atoms with E-state index < -0.39 is 15.7 Å². The number of hydrogen-bond donors (Lipinski definition) is 1. The summed E-state index contributed by atoms with van der Waals surface area (Å²) in [5.41, 5.74) is 5.65. The van der Waals surface area contributed by atoms with Crippen LogP contribution in [0.5, 0.6) is 0 Å². The van der Waals surface area contributed by atoms with Crippen molar-refractivity contribution in [2.75, 3.05) is 23.7 Å². The number of halogens is 1. The zero-order valence-electron chi connectivity index (χ0n) is 9.56. The first-order chi connectivity index (χ1) is 7.97. The van der Waals surface area contributed by atoms with Crippen molar-refractivity contribution in [3.63, 3.8) is 0 Å². The summed E-state index contributed by atoms with van der Waals surface area (Å²) in [4.78, 5) is 1.80. The van der Waals surface area contributed by atoms with Crippen LogP contribution in [0.1, 0.15) is 6.92 Å². The second-order valence-electron chi connectivity index (χ2n) is 4.20. The molecule has 1 aliphatic heterocycles. The minimum absolute atomic E-state index is 0.00343. The van der Waals surface area contributed by atoms with E-state index in [1.807, 2.05) is 0 Å². The highest BCUT2D eigenvalue weighted by atomic mass is 32.2. The van der Waals surface area contributed by atoms with Crippen molar-refractivity contribution in [3.8, 4) is 0 Å². The zero-order valence-corrected chi connectivity index (χ0v) is 10.4. The highest BCUT2D eigenvalue weighted by molar-refractivity contribution is 7.91. The van der Waals surface area contributed by atoms with Crippen molar-refractivity contribution in [3.05, 3.63) is 24.0 Å². The minimum atomic E-state index is -3.39. The normalized spacial score (nSPS) is 22.3. The third-order valence-electron chi connectivity index (χ3n) is 2.93. The van der Waals surface area contributed by atoms with Crippen LogP contribution < -0.4 is 10.6 Å². The number of para-hydroxylation sites is 1. The fraction of sp³-hybridized carbons (Fsp3) is 0.455. The average Bonchev–Trinajstić information content (AvgIpc) is 2.24. The molecule has 2 rings (SSSR count). The summed E-state index contributed by atoms with van der Waals surface area (Å²) in [6.45, 7) is 2.57. The highest BCUT2D eigenvalue weighted by Gasteiger charge is 2.34. The van der Waals surface area contributed by atoms with Crippen LogP contribution in [0.4, 0.5) is 10.1 Å². The van der Waals surface area contributed by atoms with Crippen molar-refractivity contribution >= 4 is 15.5 Å². The first-order valence-corrected chi connectivity index (χ1v) is 7.10. The Labute approximate surface area is 100 Å². The highest BCUT2D eigenvalue weighted by Crippen LogP contribution is 2.35. The summed E-state index contributed by atoms with van der Waals surface area (Å²) in [7, 11) is -3.39. The zero-order chi connectivity index (χ0) is 12.6. The number of sulfone groups is 1. The van der Waals surface area contributed by atoms with Gasteiger partial charge in [-0.3, -0.25) is 0 Å². The third-order valence-corrected chi connectivity index (χ3v) is 4.86. The molecule has 1 aromatic rings. The van der Waals surface area contributed by atoms with E-state index in [0.29, 0.717) is 13.1 Å². The van der Waals surface area contributed by atoms with Crippen molar-refractivity contribution in [1.29, 1.82) is 0 Å². The van der Waals surface area contributed by atoms with Crippen LogP contribution in [0.15, 0.2) is 23.1 Å². The Balaban J connectivity index is 2.64. The fourth-order valence-electron chi connectivity index (χ4n) is 2.21. The Morgan fingerprint density at radius 3 is 2.88 bits per heavy atom. The maximum Gasteiger partial charge on any atom is 0.182 e. The Morgan fingerprint density at radius 2 is 2.24 bits per heavy atom. The predicted molar refractivity (Wildman–Crippen MR) is 64.3 cm³/mol. The third kappa shape index (κ3) is 2.02. The molecule has 6 heteroatoms.